The van der Waals surface area contributed by atoms with Crippen LogP contribution in [-0.4, -0.2) is 17.9 Å². The van der Waals surface area contributed by atoms with Gasteiger partial charge in [-0.1, -0.05) is 47.1 Å². The van der Waals surface area contributed by atoms with E-state index in [4.69, 9.17) is 18.0 Å². The SMILES string of the molecule is C#CC1=C[C-]=C(c2ccc(Cl)cc2)N(CC(F)F)C1=C.[Y]. The summed E-state index contributed by atoms with van der Waals surface area (Å²) in [5.41, 5.74) is 2.05. The maximum absolute atomic E-state index is 12.8. The molecule has 0 unspecified atom stereocenters. The quantitative estimate of drug-likeness (QED) is 0.564. The fourth-order valence-electron chi connectivity index (χ4n) is 1.89. The topological polar surface area (TPSA) is 3.24 Å². The Morgan fingerprint density at radius 1 is 1.33 bits per heavy atom. The molecular weight excluding hydrogens is 369 g/mol. The molecule has 1 aliphatic heterocycles. The molecule has 0 atom stereocenters. The van der Waals surface area contributed by atoms with Gasteiger partial charge in [-0.05, 0) is 5.70 Å². The van der Waals surface area contributed by atoms with Crippen LogP contribution >= 0.6 is 11.6 Å². The van der Waals surface area contributed by atoms with Crippen molar-refractivity contribution in [1.29, 1.82) is 0 Å². The summed E-state index contributed by atoms with van der Waals surface area (Å²) < 4.78 is 25.5. The Kier molecular flexibility index (Phi) is 6.80. The Morgan fingerprint density at radius 2 is 1.95 bits per heavy atom. The van der Waals surface area contributed by atoms with E-state index in [1.165, 1.54) is 4.90 Å². The Morgan fingerprint density at radius 3 is 2.48 bits per heavy atom. The number of benzene rings is 1. The second-order valence-electron chi connectivity index (χ2n) is 4.15. The van der Waals surface area contributed by atoms with Crippen LogP contribution in [0.4, 0.5) is 8.78 Å². The van der Waals surface area contributed by atoms with Crippen LogP contribution in [0.3, 0.4) is 0 Å². The van der Waals surface area contributed by atoms with Crippen molar-refractivity contribution < 1.29 is 41.5 Å². The maximum Gasteiger partial charge on any atom is 0.256 e. The molecule has 0 N–H and O–H groups in total. The molecule has 0 aromatic heterocycles. The summed E-state index contributed by atoms with van der Waals surface area (Å²) in [6, 6.07) is 6.86. The van der Waals surface area contributed by atoms with Crippen LogP contribution in [-0.2, 0) is 32.7 Å². The zero-order chi connectivity index (χ0) is 14.7. The van der Waals surface area contributed by atoms with E-state index in [2.05, 4.69) is 18.6 Å². The molecule has 1 nitrogen and oxygen atoms in total. The van der Waals surface area contributed by atoms with Crippen molar-refractivity contribution in [2.45, 2.75) is 6.43 Å². The average Bonchev–Trinajstić information content (AvgIpc) is 2.42. The van der Waals surface area contributed by atoms with Crippen molar-refractivity contribution in [3.05, 3.63) is 64.9 Å². The summed E-state index contributed by atoms with van der Waals surface area (Å²) in [6.45, 7) is 3.31. The summed E-state index contributed by atoms with van der Waals surface area (Å²) in [7, 11) is 0. The minimum atomic E-state index is -2.51. The molecule has 0 bridgehead atoms. The second kappa shape index (κ2) is 7.89. The van der Waals surface area contributed by atoms with Gasteiger partial charge in [-0.3, -0.25) is 0 Å². The van der Waals surface area contributed by atoms with E-state index in [9.17, 15) is 8.78 Å². The number of nitrogens with zero attached hydrogens (tertiary/aromatic N) is 1. The number of hydrogen-bond acceptors (Lipinski definition) is 1. The van der Waals surface area contributed by atoms with E-state index >= 15 is 0 Å². The maximum atomic E-state index is 12.8. The van der Waals surface area contributed by atoms with Crippen molar-refractivity contribution in [1.82, 2.24) is 4.90 Å². The van der Waals surface area contributed by atoms with Gasteiger partial charge in [-0.2, -0.15) is 12.2 Å². The molecule has 0 fully saturated rings. The van der Waals surface area contributed by atoms with Crippen molar-refractivity contribution in [3.63, 3.8) is 0 Å². The molecule has 105 valence electrons. The van der Waals surface area contributed by atoms with Crippen LogP contribution in [0.2, 0.25) is 5.02 Å². The summed E-state index contributed by atoms with van der Waals surface area (Å²) in [4.78, 5) is 1.38. The number of alkyl halides is 2. The molecule has 0 saturated heterocycles. The van der Waals surface area contributed by atoms with E-state index in [0.29, 0.717) is 22.0 Å². The Balaban J connectivity index is 0.00000220. The van der Waals surface area contributed by atoms with Gasteiger partial charge in [0.15, 0.2) is 0 Å². The van der Waals surface area contributed by atoms with E-state index in [0.717, 1.165) is 5.56 Å². The smallest absolute Gasteiger partial charge is 0.256 e. The van der Waals surface area contributed by atoms with Gasteiger partial charge in [0.05, 0.1) is 6.54 Å². The first kappa shape index (κ1) is 18.1. The monoisotopic (exact) mass is 379 g/mol. The summed E-state index contributed by atoms with van der Waals surface area (Å²) in [5, 5.41) is 0.573. The van der Waals surface area contributed by atoms with Crippen LogP contribution in [0.1, 0.15) is 5.56 Å². The van der Waals surface area contributed by atoms with Crippen LogP contribution < -0.4 is 0 Å². The van der Waals surface area contributed by atoms with Crippen LogP contribution in [0.5, 0.6) is 0 Å². The fraction of sp³-hybridized carbons (Fsp3) is 0.125. The number of terminal acetylenes is 1. The molecule has 0 saturated carbocycles. The van der Waals surface area contributed by atoms with Gasteiger partial charge in [0.25, 0.3) is 6.43 Å². The van der Waals surface area contributed by atoms with E-state index in [1.807, 2.05) is 0 Å². The number of rotatable bonds is 3. The fourth-order valence-corrected chi connectivity index (χ4v) is 2.02. The number of allylic oxidation sites excluding steroid dienone is 3. The van der Waals surface area contributed by atoms with Crippen molar-refractivity contribution >= 4 is 17.3 Å². The van der Waals surface area contributed by atoms with Crippen LogP contribution in [0.25, 0.3) is 5.70 Å². The normalized spacial score (nSPS) is 14.2. The molecule has 21 heavy (non-hydrogen) atoms. The van der Waals surface area contributed by atoms with Gasteiger partial charge >= 0.3 is 0 Å². The van der Waals surface area contributed by atoms with Gasteiger partial charge < -0.3 is 4.90 Å². The standard InChI is InChI=1S/C16H11ClF2N.Y/c1-3-12-6-9-15(13-4-7-14(17)8-5-13)20(11(12)2)10-16(18)19;/h1,4-8,16H,2,10H2;/q-1;. The van der Waals surface area contributed by atoms with E-state index in [-0.39, 0.29) is 32.7 Å². The minimum Gasteiger partial charge on any atom is -0.369 e. The first-order chi connectivity index (χ1) is 9.52. The molecule has 1 heterocycles. The molecule has 0 spiro atoms. The third kappa shape index (κ3) is 4.26. The Labute approximate surface area is 153 Å². The molecule has 0 aliphatic carbocycles. The second-order valence-corrected chi connectivity index (χ2v) is 4.59. The molecule has 1 radical (unpaired) electrons. The third-order valence-electron chi connectivity index (χ3n) is 2.85. The molecule has 2 rings (SSSR count). The average molecular weight is 380 g/mol. The van der Waals surface area contributed by atoms with E-state index < -0.39 is 13.0 Å². The predicted molar refractivity (Wildman–Crippen MR) is 76.9 cm³/mol. The zero-order valence-corrected chi connectivity index (χ0v) is 14.7. The predicted octanol–water partition coefficient (Wildman–Crippen LogP) is 4.14. The Hall–Kier alpha value is -0.946. The molecule has 0 amide bonds. The van der Waals surface area contributed by atoms with Crippen molar-refractivity contribution in [2.24, 2.45) is 0 Å². The first-order valence-electron chi connectivity index (χ1n) is 5.84. The molecule has 1 aromatic rings. The van der Waals surface area contributed by atoms with Gasteiger partial charge in [0.1, 0.15) is 0 Å². The van der Waals surface area contributed by atoms with Gasteiger partial charge in [-0.25, -0.2) is 8.78 Å². The summed E-state index contributed by atoms with van der Waals surface area (Å²) >= 11 is 5.83. The summed E-state index contributed by atoms with van der Waals surface area (Å²) in [6.07, 6.45) is 7.34. The zero-order valence-electron chi connectivity index (χ0n) is 11.1. The molecule has 1 aliphatic rings. The van der Waals surface area contributed by atoms with Crippen molar-refractivity contribution in [2.75, 3.05) is 6.54 Å². The Bertz CT molecular complexity index is 627. The third-order valence-corrected chi connectivity index (χ3v) is 3.11. The largest absolute Gasteiger partial charge is 0.369 e. The number of halogens is 3. The van der Waals surface area contributed by atoms with E-state index in [1.54, 1.807) is 30.3 Å². The van der Waals surface area contributed by atoms with Gasteiger partial charge in [-0.15, -0.1) is 24.5 Å². The number of hydrogen-bond donors (Lipinski definition) is 0. The summed E-state index contributed by atoms with van der Waals surface area (Å²) in [5.74, 6) is 2.42. The van der Waals surface area contributed by atoms with Crippen LogP contribution in [0, 0.1) is 18.4 Å². The van der Waals surface area contributed by atoms with Crippen molar-refractivity contribution in [3.8, 4) is 12.3 Å². The first-order valence-corrected chi connectivity index (χ1v) is 6.22. The molecule has 1 aromatic carbocycles. The van der Waals surface area contributed by atoms with Gasteiger partial charge in [0, 0.05) is 37.7 Å². The van der Waals surface area contributed by atoms with Gasteiger partial charge in [0.2, 0.25) is 0 Å². The molecule has 5 heteroatoms. The molecular formula is C16H11ClF2NY-. The minimum absolute atomic E-state index is 0. The van der Waals surface area contributed by atoms with Crippen LogP contribution in [0.15, 0.2) is 48.2 Å².